The van der Waals surface area contributed by atoms with Crippen LogP contribution >= 0.6 is 11.6 Å². The number of hydrogen-bond donors (Lipinski definition) is 1. The highest BCUT2D eigenvalue weighted by Crippen LogP contribution is 2.20. The van der Waals surface area contributed by atoms with Crippen molar-refractivity contribution in [1.82, 2.24) is 15.0 Å². The summed E-state index contributed by atoms with van der Waals surface area (Å²) in [5.74, 6) is 0. The molecule has 18 heavy (non-hydrogen) atoms. The van der Waals surface area contributed by atoms with Crippen molar-refractivity contribution in [3.8, 4) is 5.69 Å². The number of hydrogen-bond acceptors (Lipinski definition) is 3. The van der Waals surface area contributed by atoms with Gasteiger partial charge >= 0.3 is 0 Å². The van der Waals surface area contributed by atoms with Gasteiger partial charge in [-0.25, -0.2) is 4.68 Å². The first-order chi connectivity index (χ1) is 8.61. The molecule has 0 saturated carbocycles. The van der Waals surface area contributed by atoms with Crippen molar-refractivity contribution >= 4 is 11.6 Å². The fourth-order valence-corrected chi connectivity index (χ4v) is 2.13. The molecule has 96 valence electrons. The molecule has 1 atom stereocenters. The van der Waals surface area contributed by atoms with E-state index in [9.17, 15) is 0 Å². The van der Waals surface area contributed by atoms with Crippen molar-refractivity contribution in [3.63, 3.8) is 0 Å². The molecule has 1 unspecified atom stereocenters. The molecule has 1 aromatic heterocycles. The van der Waals surface area contributed by atoms with E-state index in [1.165, 1.54) is 0 Å². The maximum Gasteiger partial charge on any atom is 0.0998 e. The zero-order valence-corrected chi connectivity index (χ0v) is 11.4. The van der Waals surface area contributed by atoms with Gasteiger partial charge in [-0.2, -0.15) is 0 Å². The molecule has 2 rings (SSSR count). The number of benzene rings is 1. The first kappa shape index (κ1) is 13.1. The molecule has 2 aromatic rings. The molecule has 0 aliphatic rings. The van der Waals surface area contributed by atoms with E-state index in [1.807, 2.05) is 31.3 Å². The highest BCUT2D eigenvalue weighted by molar-refractivity contribution is 6.30. The van der Waals surface area contributed by atoms with Gasteiger partial charge in [0.2, 0.25) is 0 Å². The van der Waals surface area contributed by atoms with Crippen LogP contribution in [-0.2, 0) is 0 Å². The predicted molar refractivity (Wildman–Crippen MR) is 72.9 cm³/mol. The summed E-state index contributed by atoms with van der Waals surface area (Å²) < 4.78 is 1.75. The lowest BCUT2D eigenvalue weighted by Gasteiger charge is -2.06. The van der Waals surface area contributed by atoms with Gasteiger partial charge in [0.1, 0.15) is 0 Å². The van der Waals surface area contributed by atoms with Gasteiger partial charge in [-0.1, -0.05) is 30.2 Å². The number of nitrogens with two attached hydrogens (primary N) is 1. The molecule has 0 radical (unpaired) electrons. The Kier molecular flexibility index (Phi) is 3.99. The van der Waals surface area contributed by atoms with Gasteiger partial charge in [-0.15, -0.1) is 5.10 Å². The maximum absolute atomic E-state index is 6.02. The Morgan fingerprint density at radius 1 is 1.44 bits per heavy atom. The van der Waals surface area contributed by atoms with Gasteiger partial charge in [0.25, 0.3) is 0 Å². The average Bonchev–Trinajstić information content (AvgIpc) is 2.78. The third kappa shape index (κ3) is 2.71. The van der Waals surface area contributed by atoms with Gasteiger partial charge in [0.05, 0.1) is 23.6 Å². The minimum atomic E-state index is -0.0450. The van der Waals surface area contributed by atoms with Crippen molar-refractivity contribution in [2.75, 3.05) is 0 Å². The summed E-state index contributed by atoms with van der Waals surface area (Å²) in [5.41, 5.74) is 8.88. The quantitative estimate of drug-likeness (QED) is 0.923. The highest BCUT2D eigenvalue weighted by atomic mass is 35.5. The van der Waals surface area contributed by atoms with E-state index in [2.05, 4.69) is 17.2 Å². The lowest BCUT2D eigenvalue weighted by atomic mass is 10.1. The highest BCUT2D eigenvalue weighted by Gasteiger charge is 2.11. The van der Waals surface area contributed by atoms with Gasteiger partial charge in [0, 0.05) is 5.02 Å². The van der Waals surface area contributed by atoms with Gasteiger partial charge in [0.15, 0.2) is 0 Å². The summed E-state index contributed by atoms with van der Waals surface area (Å²) in [6.45, 7) is 4.10. The van der Waals surface area contributed by atoms with Crippen LogP contribution in [0.4, 0.5) is 0 Å². The van der Waals surface area contributed by atoms with E-state index in [0.717, 1.165) is 34.8 Å². The molecule has 5 heteroatoms. The summed E-state index contributed by atoms with van der Waals surface area (Å²) in [4.78, 5) is 0. The van der Waals surface area contributed by atoms with Crippen LogP contribution in [0.5, 0.6) is 0 Å². The molecule has 0 bridgehead atoms. The second kappa shape index (κ2) is 5.50. The van der Waals surface area contributed by atoms with E-state index in [1.54, 1.807) is 4.68 Å². The molecule has 4 nitrogen and oxygen atoms in total. The van der Waals surface area contributed by atoms with Crippen LogP contribution in [0, 0.1) is 6.92 Å². The first-order valence-corrected chi connectivity index (χ1v) is 6.44. The molecule has 2 N–H and O–H groups in total. The summed E-state index contributed by atoms with van der Waals surface area (Å²) in [7, 11) is 0. The minimum Gasteiger partial charge on any atom is -0.323 e. The Morgan fingerprint density at radius 2 is 2.22 bits per heavy atom. The smallest absolute Gasteiger partial charge is 0.0998 e. The molecule has 0 aliphatic heterocycles. The molecule has 1 heterocycles. The number of nitrogens with zero attached hydrogens (tertiary/aromatic N) is 3. The number of rotatable bonds is 4. The Balaban J connectivity index is 2.29. The summed E-state index contributed by atoms with van der Waals surface area (Å²) in [6, 6.07) is 5.64. The Morgan fingerprint density at radius 3 is 2.89 bits per heavy atom. The molecule has 0 spiro atoms. The normalized spacial score (nSPS) is 12.7. The second-order valence-corrected chi connectivity index (χ2v) is 4.85. The van der Waals surface area contributed by atoms with Crippen LogP contribution in [0.3, 0.4) is 0 Å². The van der Waals surface area contributed by atoms with Crippen LogP contribution in [0.1, 0.15) is 37.1 Å². The van der Waals surface area contributed by atoms with Gasteiger partial charge in [-0.05, 0) is 37.1 Å². The fourth-order valence-electron chi connectivity index (χ4n) is 1.90. The maximum atomic E-state index is 6.02. The summed E-state index contributed by atoms with van der Waals surface area (Å²) in [5, 5.41) is 8.98. The molecular formula is C13H17ClN4. The zero-order chi connectivity index (χ0) is 13.1. The minimum absolute atomic E-state index is 0.0450. The van der Waals surface area contributed by atoms with Gasteiger partial charge in [-0.3, -0.25) is 0 Å². The van der Waals surface area contributed by atoms with E-state index < -0.39 is 0 Å². The molecule has 0 aliphatic carbocycles. The lowest BCUT2D eigenvalue weighted by molar-refractivity contribution is 0.619. The Labute approximate surface area is 112 Å². The van der Waals surface area contributed by atoms with Crippen molar-refractivity contribution in [3.05, 3.63) is 40.7 Å². The van der Waals surface area contributed by atoms with Crippen molar-refractivity contribution in [2.24, 2.45) is 5.73 Å². The molecular weight excluding hydrogens is 248 g/mol. The molecule has 0 fully saturated rings. The van der Waals surface area contributed by atoms with Crippen molar-refractivity contribution in [1.29, 1.82) is 0 Å². The Bertz CT molecular complexity index is 536. The Hall–Kier alpha value is -1.39. The van der Waals surface area contributed by atoms with E-state index in [-0.39, 0.29) is 6.04 Å². The largest absolute Gasteiger partial charge is 0.323 e. The predicted octanol–water partition coefficient (Wildman–Crippen LogP) is 3.03. The first-order valence-electron chi connectivity index (χ1n) is 6.06. The third-order valence-electron chi connectivity index (χ3n) is 2.90. The van der Waals surface area contributed by atoms with Crippen LogP contribution in [0.2, 0.25) is 5.02 Å². The van der Waals surface area contributed by atoms with E-state index in [0.29, 0.717) is 0 Å². The van der Waals surface area contributed by atoms with Crippen LogP contribution < -0.4 is 5.73 Å². The standard InChI is InChI=1S/C13H17ClN4/c1-3-4-11(15)12-8-18(17-16-12)13-6-5-10(14)7-9(13)2/h5-8,11H,3-4,15H2,1-2H3. The van der Waals surface area contributed by atoms with Crippen molar-refractivity contribution in [2.45, 2.75) is 32.7 Å². The van der Waals surface area contributed by atoms with Crippen molar-refractivity contribution < 1.29 is 0 Å². The third-order valence-corrected chi connectivity index (χ3v) is 3.13. The molecule has 0 saturated heterocycles. The number of aryl methyl sites for hydroxylation is 1. The number of aromatic nitrogens is 3. The average molecular weight is 265 g/mol. The SMILES string of the molecule is CCCC(N)c1cn(-c2ccc(Cl)cc2C)nn1. The number of halogens is 1. The van der Waals surface area contributed by atoms with Crippen LogP contribution in [0.25, 0.3) is 5.69 Å². The van der Waals surface area contributed by atoms with Crippen LogP contribution in [0.15, 0.2) is 24.4 Å². The summed E-state index contributed by atoms with van der Waals surface area (Å²) >= 11 is 5.94. The lowest BCUT2D eigenvalue weighted by Crippen LogP contribution is -2.10. The summed E-state index contributed by atoms with van der Waals surface area (Å²) in [6.07, 6.45) is 3.84. The molecule has 0 amide bonds. The second-order valence-electron chi connectivity index (χ2n) is 4.41. The van der Waals surface area contributed by atoms with Gasteiger partial charge < -0.3 is 5.73 Å². The van der Waals surface area contributed by atoms with E-state index in [4.69, 9.17) is 17.3 Å². The monoisotopic (exact) mass is 264 g/mol. The van der Waals surface area contributed by atoms with E-state index >= 15 is 0 Å². The molecule has 1 aromatic carbocycles. The van der Waals surface area contributed by atoms with Crippen LogP contribution in [-0.4, -0.2) is 15.0 Å². The fraction of sp³-hybridized carbons (Fsp3) is 0.385. The topological polar surface area (TPSA) is 56.7 Å². The zero-order valence-electron chi connectivity index (χ0n) is 10.6.